The van der Waals surface area contributed by atoms with Crippen molar-refractivity contribution in [3.63, 3.8) is 0 Å². The molecule has 0 saturated carbocycles. The van der Waals surface area contributed by atoms with Crippen LogP contribution in [-0.2, 0) is 0 Å². The number of para-hydroxylation sites is 1. The van der Waals surface area contributed by atoms with Crippen LogP contribution in [0.5, 0.6) is 0 Å². The number of nitrogens with one attached hydrogen (secondary N) is 1. The number of nitrogens with zero attached hydrogens (tertiary/aromatic N) is 5. The molecule has 132 valence electrons. The van der Waals surface area contributed by atoms with Gasteiger partial charge >= 0.3 is 0 Å². The van der Waals surface area contributed by atoms with Gasteiger partial charge in [0.05, 0.1) is 23.1 Å². The van der Waals surface area contributed by atoms with Crippen molar-refractivity contribution in [3.05, 3.63) is 60.3 Å². The van der Waals surface area contributed by atoms with Crippen molar-refractivity contribution in [2.45, 2.75) is 19.8 Å². The molecule has 7 heteroatoms. The largest absolute Gasteiger partial charge is 0.355 e. The molecule has 2 aromatic heterocycles. The molecule has 0 aliphatic carbocycles. The van der Waals surface area contributed by atoms with Crippen LogP contribution < -0.4 is 10.2 Å². The molecule has 0 unspecified atom stereocenters. The first-order valence-corrected chi connectivity index (χ1v) is 8.70. The lowest BCUT2D eigenvalue weighted by atomic mass is 10.2. The topological polar surface area (TPSA) is 75.9 Å². The van der Waals surface area contributed by atoms with E-state index in [1.165, 1.54) is 6.33 Å². The SMILES string of the molecule is Cc1nn(-c2ccccc2)cc1C(=O)Nc1cncnc1N1CCCC1. The number of carbonyl (C=O) groups is 1. The van der Waals surface area contributed by atoms with E-state index in [4.69, 9.17) is 0 Å². The maximum Gasteiger partial charge on any atom is 0.259 e. The number of benzene rings is 1. The van der Waals surface area contributed by atoms with Crippen LogP contribution in [-0.4, -0.2) is 38.7 Å². The normalized spacial score (nSPS) is 13.8. The molecule has 1 N–H and O–H groups in total. The Labute approximate surface area is 151 Å². The minimum absolute atomic E-state index is 0.208. The molecule has 3 aromatic rings. The van der Waals surface area contributed by atoms with Crippen molar-refractivity contribution in [1.82, 2.24) is 19.7 Å². The number of aryl methyl sites for hydroxylation is 1. The monoisotopic (exact) mass is 348 g/mol. The van der Waals surface area contributed by atoms with Crippen molar-refractivity contribution >= 4 is 17.4 Å². The van der Waals surface area contributed by atoms with Crippen molar-refractivity contribution in [2.75, 3.05) is 23.3 Å². The van der Waals surface area contributed by atoms with E-state index in [2.05, 4.69) is 25.3 Å². The highest BCUT2D eigenvalue weighted by atomic mass is 16.1. The van der Waals surface area contributed by atoms with Crippen molar-refractivity contribution < 1.29 is 4.79 Å². The summed E-state index contributed by atoms with van der Waals surface area (Å²) in [5.74, 6) is 0.568. The molecule has 0 bridgehead atoms. The molecule has 3 heterocycles. The number of aromatic nitrogens is 4. The molecule has 0 radical (unpaired) electrons. The lowest BCUT2D eigenvalue weighted by Crippen LogP contribution is -2.22. The minimum atomic E-state index is -0.208. The Balaban J connectivity index is 1.59. The Morgan fingerprint density at radius 1 is 1.15 bits per heavy atom. The molecular weight excluding hydrogens is 328 g/mol. The summed E-state index contributed by atoms with van der Waals surface area (Å²) in [5, 5.41) is 7.41. The first-order chi connectivity index (χ1) is 12.7. The fraction of sp³-hybridized carbons (Fsp3) is 0.263. The molecule has 26 heavy (non-hydrogen) atoms. The first-order valence-electron chi connectivity index (χ1n) is 8.70. The van der Waals surface area contributed by atoms with E-state index in [1.807, 2.05) is 37.3 Å². The number of anilines is 2. The maximum atomic E-state index is 12.8. The Morgan fingerprint density at radius 2 is 1.92 bits per heavy atom. The number of carbonyl (C=O) groups excluding carboxylic acids is 1. The molecule has 7 nitrogen and oxygen atoms in total. The van der Waals surface area contributed by atoms with Crippen LogP contribution in [0, 0.1) is 6.92 Å². The molecule has 1 aliphatic heterocycles. The van der Waals surface area contributed by atoms with Gasteiger partial charge in [0.25, 0.3) is 5.91 Å². The second-order valence-corrected chi connectivity index (χ2v) is 6.32. The summed E-state index contributed by atoms with van der Waals surface area (Å²) in [7, 11) is 0. The predicted molar refractivity (Wildman–Crippen MR) is 99.7 cm³/mol. The minimum Gasteiger partial charge on any atom is -0.355 e. The van der Waals surface area contributed by atoms with E-state index >= 15 is 0 Å². The highest BCUT2D eigenvalue weighted by Gasteiger charge is 2.20. The van der Waals surface area contributed by atoms with Gasteiger partial charge in [0.1, 0.15) is 12.0 Å². The van der Waals surface area contributed by atoms with Crippen LogP contribution in [0.4, 0.5) is 11.5 Å². The van der Waals surface area contributed by atoms with Gasteiger partial charge in [0.2, 0.25) is 0 Å². The van der Waals surface area contributed by atoms with Gasteiger partial charge in [0.15, 0.2) is 5.82 Å². The second kappa shape index (κ2) is 6.95. The number of rotatable bonds is 4. The van der Waals surface area contributed by atoms with Crippen molar-refractivity contribution in [3.8, 4) is 5.69 Å². The van der Waals surface area contributed by atoms with E-state index in [1.54, 1.807) is 17.1 Å². The van der Waals surface area contributed by atoms with Gasteiger partial charge < -0.3 is 10.2 Å². The third-order valence-electron chi connectivity index (χ3n) is 4.51. The number of hydrogen-bond acceptors (Lipinski definition) is 5. The van der Waals surface area contributed by atoms with E-state index in [0.717, 1.165) is 37.4 Å². The molecule has 1 aromatic carbocycles. The standard InChI is InChI=1S/C19H20N6O/c1-14-16(12-25(23-14)15-7-3-2-4-8-15)19(26)22-17-11-20-13-21-18(17)24-9-5-6-10-24/h2-4,7-8,11-13H,5-6,9-10H2,1H3,(H,22,26). The van der Waals surface area contributed by atoms with Gasteiger partial charge in [-0.25, -0.2) is 14.6 Å². The van der Waals surface area contributed by atoms with E-state index in [-0.39, 0.29) is 5.91 Å². The summed E-state index contributed by atoms with van der Waals surface area (Å²) in [4.78, 5) is 23.4. The smallest absolute Gasteiger partial charge is 0.259 e. The fourth-order valence-corrected chi connectivity index (χ4v) is 3.18. The molecule has 1 amide bonds. The van der Waals surface area contributed by atoms with E-state index in [9.17, 15) is 4.79 Å². The van der Waals surface area contributed by atoms with Gasteiger partial charge in [-0.2, -0.15) is 5.10 Å². The molecule has 1 fully saturated rings. The van der Waals surface area contributed by atoms with Gasteiger partial charge in [0, 0.05) is 19.3 Å². The Morgan fingerprint density at radius 3 is 2.69 bits per heavy atom. The zero-order chi connectivity index (χ0) is 17.9. The zero-order valence-corrected chi connectivity index (χ0v) is 14.6. The quantitative estimate of drug-likeness (QED) is 0.785. The summed E-state index contributed by atoms with van der Waals surface area (Å²) in [6, 6.07) is 9.73. The molecule has 4 rings (SSSR count). The van der Waals surface area contributed by atoms with Crippen LogP contribution in [0.25, 0.3) is 5.69 Å². The summed E-state index contributed by atoms with van der Waals surface area (Å²) >= 11 is 0. The van der Waals surface area contributed by atoms with Gasteiger partial charge in [-0.05, 0) is 31.9 Å². The summed E-state index contributed by atoms with van der Waals surface area (Å²) in [6.07, 6.45) is 7.19. The highest BCUT2D eigenvalue weighted by molar-refractivity contribution is 6.06. The van der Waals surface area contributed by atoms with Crippen LogP contribution in [0.3, 0.4) is 0 Å². The van der Waals surface area contributed by atoms with E-state index in [0.29, 0.717) is 16.9 Å². The summed E-state index contributed by atoms with van der Waals surface area (Å²) in [6.45, 7) is 3.73. The molecule has 0 atom stereocenters. The van der Waals surface area contributed by atoms with Crippen LogP contribution in [0.2, 0.25) is 0 Å². The maximum absolute atomic E-state index is 12.8. The van der Waals surface area contributed by atoms with Gasteiger partial charge in [-0.15, -0.1) is 0 Å². The third-order valence-corrected chi connectivity index (χ3v) is 4.51. The number of amides is 1. The molecule has 1 aliphatic rings. The Kier molecular flexibility index (Phi) is 4.35. The lowest BCUT2D eigenvalue weighted by Gasteiger charge is -2.19. The van der Waals surface area contributed by atoms with Crippen molar-refractivity contribution in [2.24, 2.45) is 0 Å². The van der Waals surface area contributed by atoms with E-state index < -0.39 is 0 Å². The van der Waals surface area contributed by atoms with Crippen molar-refractivity contribution in [1.29, 1.82) is 0 Å². The average molecular weight is 348 g/mol. The number of hydrogen-bond donors (Lipinski definition) is 1. The fourth-order valence-electron chi connectivity index (χ4n) is 3.18. The highest BCUT2D eigenvalue weighted by Crippen LogP contribution is 2.26. The molecule has 0 spiro atoms. The summed E-state index contributed by atoms with van der Waals surface area (Å²) in [5.41, 5.74) is 2.75. The van der Waals surface area contributed by atoms with Gasteiger partial charge in [-0.1, -0.05) is 18.2 Å². The Hall–Kier alpha value is -3.22. The van der Waals surface area contributed by atoms with Gasteiger partial charge in [-0.3, -0.25) is 4.79 Å². The Bertz CT molecular complexity index is 915. The summed E-state index contributed by atoms with van der Waals surface area (Å²) < 4.78 is 1.72. The zero-order valence-electron chi connectivity index (χ0n) is 14.6. The predicted octanol–water partition coefficient (Wildman–Crippen LogP) is 2.82. The third kappa shape index (κ3) is 3.15. The van der Waals surface area contributed by atoms with Crippen LogP contribution in [0.15, 0.2) is 49.1 Å². The molecular formula is C19H20N6O. The lowest BCUT2D eigenvalue weighted by molar-refractivity contribution is 0.102. The average Bonchev–Trinajstić information content (AvgIpc) is 3.33. The van der Waals surface area contributed by atoms with Crippen LogP contribution in [0.1, 0.15) is 28.9 Å². The van der Waals surface area contributed by atoms with Crippen LogP contribution >= 0.6 is 0 Å². The second-order valence-electron chi connectivity index (χ2n) is 6.32. The molecule has 1 saturated heterocycles. The first kappa shape index (κ1) is 16.3.